The summed E-state index contributed by atoms with van der Waals surface area (Å²) in [6.45, 7) is 2.60. The molecule has 1 saturated heterocycles. The molecule has 4 rings (SSSR count). The SMILES string of the molecule is CC(OC(=O)c1ccc(S(=O)(=O)N2CCCCC2)cc1)C(=O)c1ccc2c(c1)CCC2. The molecule has 6 nitrogen and oxygen atoms in total. The number of nitrogens with zero attached hydrogens (tertiary/aromatic N) is 1. The minimum Gasteiger partial charge on any atom is -0.451 e. The Morgan fingerprint density at radius 3 is 2.23 bits per heavy atom. The summed E-state index contributed by atoms with van der Waals surface area (Å²) < 4.78 is 32.3. The van der Waals surface area contributed by atoms with Gasteiger partial charge in [0, 0.05) is 18.7 Å². The lowest BCUT2D eigenvalue weighted by atomic mass is 10.0. The van der Waals surface area contributed by atoms with E-state index in [9.17, 15) is 18.0 Å². The summed E-state index contributed by atoms with van der Waals surface area (Å²) in [5.41, 5.74) is 3.23. The molecular formula is C24H27NO5S. The van der Waals surface area contributed by atoms with E-state index in [1.165, 1.54) is 39.7 Å². The van der Waals surface area contributed by atoms with E-state index in [-0.39, 0.29) is 16.2 Å². The number of ether oxygens (including phenoxy) is 1. The van der Waals surface area contributed by atoms with Crippen LogP contribution in [-0.4, -0.2) is 43.7 Å². The van der Waals surface area contributed by atoms with E-state index in [1.54, 1.807) is 13.0 Å². The van der Waals surface area contributed by atoms with Crippen molar-refractivity contribution < 1.29 is 22.7 Å². The van der Waals surface area contributed by atoms with E-state index in [0.717, 1.165) is 38.5 Å². The first-order valence-electron chi connectivity index (χ1n) is 10.8. The van der Waals surface area contributed by atoms with Crippen molar-refractivity contribution in [2.24, 2.45) is 0 Å². The van der Waals surface area contributed by atoms with Crippen LogP contribution >= 0.6 is 0 Å². The van der Waals surface area contributed by atoms with Gasteiger partial charge in [-0.2, -0.15) is 4.31 Å². The van der Waals surface area contributed by atoms with Gasteiger partial charge >= 0.3 is 5.97 Å². The van der Waals surface area contributed by atoms with E-state index >= 15 is 0 Å². The van der Waals surface area contributed by atoms with E-state index in [0.29, 0.717) is 18.7 Å². The summed E-state index contributed by atoms with van der Waals surface area (Å²) in [5.74, 6) is -0.892. The molecule has 0 amide bonds. The first kappa shape index (κ1) is 21.7. The number of carbonyl (C=O) groups is 2. The molecule has 164 valence electrons. The third-order valence-electron chi connectivity index (χ3n) is 6.08. The van der Waals surface area contributed by atoms with Crippen molar-refractivity contribution in [1.82, 2.24) is 4.31 Å². The lowest BCUT2D eigenvalue weighted by Crippen LogP contribution is -2.35. The predicted octanol–water partition coefficient (Wildman–Crippen LogP) is 3.78. The molecule has 1 aliphatic carbocycles. The van der Waals surface area contributed by atoms with Crippen molar-refractivity contribution >= 4 is 21.8 Å². The molecule has 1 fully saturated rings. The monoisotopic (exact) mass is 441 g/mol. The quantitative estimate of drug-likeness (QED) is 0.503. The fourth-order valence-electron chi connectivity index (χ4n) is 4.26. The summed E-state index contributed by atoms with van der Waals surface area (Å²) in [6, 6.07) is 11.4. The number of ketones is 1. The summed E-state index contributed by atoms with van der Waals surface area (Å²) >= 11 is 0. The van der Waals surface area contributed by atoms with Gasteiger partial charge in [-0.05, 0) is 80.5 Å². The maximum Gasteiger partial charge on any atom is 0.338 e. The number of Topliss-reactive ketones (excluding diaryl/α,β-unsaturated/α-hetero) is 1. The molecule has 0 radical (unpaired) electrons. The van der Waals surface area contributed by atoms with Gasteiger partial charge in [-0.15, -0.1) is 0 Å². The third-order valence-corrected chi connectivity index (χ3v) is 7.99. The molecule has 2 aliphatic rings. The highest BCUT2D eigenvalue weighted by atomic mass is 32.2. The predicted molar refractivity (Wildman–Crippen MR) is 117 cm³/mol. The average Bonchev–Trinajstić information content (AvgIpc) is 3.27. The fourth-order valence-corrected chi connectivity index (χ4v) is 5.78. The standard InChI is InChI=1S/C24H27NO5S/c1-17(23(26)21-9-8-18-6-5-7-20(18)16-21)30-24(27)19-10-12-22(13-11-19)31(28,29)25-14-3-2-4-15-25/h8-13,16-17H,2-7,14-15H2,1H3. The lowest BCUT2D eigenvalue weighted by molar-refractivity contribution is 0.0318. The molecule has 31 heavy (non-hydrogen) atoms. The van der Waals surface area contributed by atoms with E-state index in [4.69, 9.17) is 4.74 Å². The number of carbonyl (C=O) groups excluding carboxylic acids is 2. The Bertz CT molecular complexity index is 1090. The Hall–Kier alpha value is -2.51. The Morgan fingerprint density at radius 2 is 1.52 bits per heavy atom. The smallest absolute Gasteiger partial charge is 0.338 e. The molecule has 0 spiro atoms. The van der Waals surface area contributed by atoms with Gasteiger partial charge in [0.15, 0.2) is 6.10 Å². The van der Waals surface area contributed by atoms with Crippen LogP contribution in [0.5, 0.6) is 0 Å². The van der Waals surface area contributed by atoms with Crippen LogP contribution < -0.4 is 0 Å². The van der Waals surface area contributed by atoms with E-state index < -0.39 is 22.1 Å². The van der Waals surface area contributed by atoms with Crippen molar-refractivity contribution in [2.75, 3.05) is 13.1 Å². The zero-order valence-corrected chi connectivity index (χ0v) is 18.5. The van der Waals surface area contributed by atoms with Crippen molar-refractivity contribution in [2.45, 2.75) is 56.4 Å². The zero-order chi connectivity index (χ0) is 22.0. The van der Waals surface area contributed by atoms with Gasteiger partial charge in [0.25, 0.3) is 0 Å². The molecule has 1 aliphatic heterocycles. The molecule has 1 heterocycles. The highest BCUT2D eigenvalue weighted by Crippen LogP contribution is 2.24. The molecule has 0 N–H and O–H groups in total. The number of hydrogen-bond donors (Lipinski definition) is 0. The molecule has 2 aromatic carbocycles. The van der Waals surface area contributed by atoms with Crippen molar-refractivity contribution in [3.05, 3.63) is 64.7 Å². The second-order valence-electron chi connectivity index (χ2n) is 8.24. The number of piperidine rings is 1. The normalized spacial score (nSPS) is 17.7. The first-order chi connectivity index (χ1) is 14.9. The van der Waals surface area contributed by atoms with Crippen molar-refractivity contribution in [1.29, 1.82) is 0 Å². The largest absolute Gasteiger partial charge is 0.451 e. The maximum atomic E-state index is 12.7. The summed E-state index contributed by atoms with van der Waals surface area (Å²) in [6.07, 6.45) is 4.94. The number of aryl methyl sites for hydroxylation is 2. The highest BCUT2D eigenvalue weighted by molar-refractivity contribution is 7.89. The topological polar surface area (TPSA) is 80.8 Å². The molecule has 0 bridgehead atoms. The van der Waals surface area contributed by atoms with Gasteiger partial charge in [0.1, 0.15) is 0 Å². The summed E-state index contributed by atoms with van der Waals surface area (Å²) in [7, 11) is -3.56. The molecule has 1 atom stereocenters. The molecule has 0 aromatic heterocycles. The molecule has 2 aromatic rings. The van der Waals surface area contributed by atoms with Crippen LogP contribution in [0.4, 0.5) is 0 Å². The first-order valence-corrected chi connectivity index (χ1v) is 12.3. The number of sulfonamides is 1. The van der Waals surface area contributed by atoms with Crippen LogP contribution in [0.15, 0.2) is 47.4 Å². The Morgan fingerprint density at radius 1 is 0.871 bits per heavy atom. The number of benzene rings is 2. The van der Waals surface area contributed by atoms with Crippen LogP contribution in [0.25, 0.3) is 0 Å². The van der Waals surface area contributed by atoms with Gasteiger partial charge in [-0.1, -0.05) is 18.6 Å². The van der Waals surface area contributed by atoms with Crippen LogP contribution in [-0.2, 0) is 27.6 Å². The van der Waals surface area contributed by atoms with Crippen LogP contribution in [0.1, 0.15) is 64.4 Å². The second-order valence-corrected chi connectivity index (χ2v) is 10.2. The maximum absolute atomic E-state index is 12.7. The minimum absolute atomic E-state index is 0.160. The number of esters is 1. The van der Waals surface area contributed by atoms with Gasteiger partial charge in [-0.3, -0.25) is 4.79 Å². The number of fused-ring (bicyclic) bond motifs is 1. The van der Waals surface area contributed by atoms with Crippen LogP contribution in [0, 0.1) is 0 Å². The Balaban J connectivity index is 1.42. The van der Waals surface area contributed by atoms with Gasteiger partial charge in [0.05, 0.1) is 10.5 Å². The van der Waals surface area contributed by atoms with Crippen molar-refractivity contribution in [3.8, 4) is 0 Å². The van der Waals surface area contributed by atoms with Crippen LogP contribution in [0.3, 0.4) is 0 Å². The summed E-state index contributed by atoms with van der Waals surface area (Å²) in [5, 5.41) is 0. The van der Waals surface area contributed by atoms with E-state index in [2.05, 4.69) is 0 Å². The molecular weight excluding hydrogens is 414 g/mol. The second kappa shape index (κ2) is 8.93. The molecule has 1 unspecified atom stereocenters. The van der Waals surface area contributed by atoms with Crippen LogP contribution in [0.2, 0.25) is 0 Å². The molecule has 7 heteroatoms. The fraction of sp³-hybridized carbons (Fsp3) is 0.417. The van der Waals surface area contributed by atoms with Gasteiger partial charge < -0.3 is 4.74 Å². The zero-order valence-electron chi connectivity index (χ0n) is 17.7. The minimum atomic E-state index is -3.56. The average molecular weight is 442 g/mol. The van der Waals surface area contributed by atoms with E-state index in [1.807, 2.05) is 12.1 Å². The third kappa shape index (κ3) is 4.57. The van der Waals surface area contributed by atoms with Gasteiger partial charge in [0.2, 0.25) is 15.8 Å². The summed E-state index contributed by atoms with van der Waals surface area (Å²) in [4.78, 5) is 25.4. The lowest BCUT2D eigenvalue weighted by Gasteiger charge is -2.25. The highest BCUT2D eigenvalue weighted by Gasteiger charge is 2.27. The Labute approximate surface area is 183 Å². The number of rotatable bonds is 6. The molecule has 0 saturated carbocycles. The number of hydrogen-bond acceptors (Lipinski definition) is 5. The van der Waals surface area contributed by atoms with Gasteiger partial charge in [-0.25, -0.2) is 13.2 Å². The van der Waals surface area contributed by atoms with Crippen molar-refractivity contribution in [3.63, 3.8) is 0 Å². The Kier molecular flexibility index (Phi) is 6.25.